The molecule has 1 aliphatic heterocycles. The third-order valence-corrected chi connectivity index (χ3v) is 6.46. The molecule has 0 spiro atoms. The van der Waals surface area contributed by atoms with Gasteiger partial charge in [-0.25, -0.2) is 4.79 Å². The minimum Gasteiger partial charge on any atom is -0.424 e. The molecular formula is C21H26ClF3N2O3. The number of nitrogens with one attached hydrogen (secondary N) is 1. The van der Waals surface area contributed by atoms with Crippen LogP contribution in [0.2, 0.25) is 5.02 Å². The smallest absolute Gasteiger partial charge is 0.424 e. The fourth-order valence-corrected chi connectivity index (χ4v) is 4.93. The second-order valence-corrected chi connectivity index (χ2v) is 8.77. The van der Waals surface area contributed by atoms with Gasteiger partial charge in [0.2, 0.25) is 0 Å². The third kappa shape index (κ3) is 4.15. The highest BCUT2D eigenvalue weighted by Gasteiger charge is 2.66. The van der Waals surface area contributed by atoms with Gasteiger partial charge in [-0.15, -0.1) is 0 Å². The van der Waals surface area contributed by atoms with E-state index < -0.39 is 18.1 Å². The summed E-state index contributed by atoms with van der Waals surface area (Å²) in [4.78, 5) is 14.9. The van der Waals surface area contributed by atoms with E-state index >= 15 is 0 Å². The van der Waals surface area contributed by atoms with Gasteiger partial charge in [-0.2, -0.15) is 13.2 Å². The number of hydrogen-bond acceptors (Lipinski definition) is 3. The average molecular weight is 447 g/mol. The van der Waals surface area contributed by atoms with Crippen LogP contribution in [-0.4, -0.2) is 35.1 Å². The number of halogens is 4. The van der Waals surface area contributed by atoms with E-state index in [-0.39, 0.29) is 28.6 Å². The molecule has 3 aliphatic rings. The number of carbonyl (C=O) groups is 1. The molecule has 4 rings (SSSR count). The number of nitrogens with zero attached hydrogens (tertiary/aromatic N) is 1. The molecular weight excluding hydrogens is 421 g/mol. The molecule has 1 aromatic rings. The van der Waals surface area contributed by atoms with Gasteiger partial charge in [0.05, 0.1) is 0 Å². The molecule has 30 heavy (non-hydrogen) atoms. The number of alkyl halides is 3. The lowest BCUT2D eigenvalue weighted by Gasteiger charge is -2.43. The minimum atomic E-state index is -4.99. The summed E-state index contributed by atoms with van der Waals surface area (Å²) in [7, 11) is 0. The van der Waals surface area contributed by atoms with Gasteiger partial charge in [-0.3, -0.25) is 5.32 Å². The van der Waals surface area contributed by atoms with Crippen LogP contribution in [-0.2, 0) is 0 Å². The fraction of sp³-hybridized carbons (Fsp3) is 0.667. The Kier molecular flexibility index (Phi) is 5.97. The largest absolute Gasteiger partial charge is 0.492 e. The molecule has 166 valence electrons. The van der Waals surface area contributed by atoms with Crippen molar-refractivity contribution in [1.29, 1.82) is 0 Å². The fourth-order valence-electron chi connectivity index (χ4n) is 4.77. The van der Waals surface area contributed by atoms with Crippen molar-refractivity contribution >= 4 is 17.6 Å². The predicted molar refractivity (Wildman–Crippen MR) is 106 cm³/mol. The summed E-state index contributed by atoms with van der Waals surface area (Å²) < 4.78 is 52.5. The highest BCUT2D eigenvalue weighted by atomic mass is 35.5. The maximum atomic E-state index is 14.1. The Labute approximate surface area is 178 Å². The van der Waals surface area contributed by atoms with Gasteiger partial charge in [0.25, 0.3) is 0 Å². The minimum absolute atomic E-state index is 0.0645. The third-order valence-electron chi connectivity index (χ3n) is 6.23. The Bertz CT molecular complexity index is 761. The Balaban J connectivity index is 1.60. The van der Waals surface area contributed by atoms with Gasteiger partial charge >= 0.3 is 18.1 Å². The van der Waals surface area contributed by atoms with E-state index in [1.54, 1.807) is 4.90 Å². The van der Waals surface area contributed by atoms with Crippen LogP contribution in [0.5, 0.6) is 11.5 Å². The van der Waals surface area contributed by atoms with E-state index in [4.69, 9.17) is 21.1 Å². The van der Waals surface area contributed by atoms with E-state index in [0.29, 0.717) is 0 Å². The van der Waals surface area contributed by atoms with Crippen molar-refractivity contribution in [2.24, 2.45) is 0 Å². The van der Waals surface area contributed by atoms with E-state index in [0.717, 1.165) is 64.2 Å². The average Bonchev–Trinajstić information content (AvgIpc) is 3.08. The lowest BCUT2D eigenvalue weighted by Crippen LogP contribution is -2.68. The molecule has 1 N–H and O–H groups in total. The van der Waals surface area contributed by atoms with Gasteiger partial charge in [0.15, 0.2) is 11.5 Å². The Morgan fingerprint density at radius 1 is 0.967 bits per heavy atom. The lowest BCUT2D eigenvalue weighted by molar-refractivity contribution is -0.318. The van der Waals surface area contributed by atoms with E-state index in [1.807, 2.05) is 0 Å². The molecule has 2 saturated carbocycles. The van der Waals surface area contributed by atoms with Crippen LogP contribution in [0.1, 0.15) is 64.2 Å². The topological polar surface area (TPSA) is 50.8 Å². The number of carbonyl (C=O) groups excluding carboxylic acids is 1. The van der Waals surface area contributed by atoms with Crippen molar-refractivity contribution in [2.45, 2.75) is 88.4 Å². The summed E-state index contributed by atoms with van der Waals surface area (Å²) in [6.07, 6.45) is 4.31. The summed E-state index contributed by atoms with van der Waals surface area (Å²) in [6.45, 7) is 0. The first-order valence-corrected chi connectivity index (χ1v) is 11.0. The second kappa shape index (κ2) is 8.36. The molecule has 0 bridgehead atoms. The van der Waals surface area contributed by atoms with Crippen molar-refractivity contribution in [3.05, 3.63) is 23.2 Å². The van der Waals surface area contributed by atoms with Gasteiger partial charge in [-0.1, -0.05) is 50.1 Å². The standard InChI is InChI=1S/C21H26ClF3N2O3/c22-14-11-12-17-18(13-14)30-21(29-17,20(23,24)25)26-19(28)27(15-7-3-1-4-8-15)16-9-5-2-6-10-16/h11-13,15-16H,1-10H2,(H,26,28)/t21-/m1/s1. The summed E-state index contributed by atoms with van der Waals surface area (Å²) >= 11 is 5.88. The second-order valence-electron chi connectivity index (χ2n) is 8.33. The highest BCUT2D eigenvalue weighted by Crippen LogP contribution is 2.46. The number of benzene rings is 1. The zero-order valence-corrected chi connectivity index (χ0v) is 17.4. The molecule has 2 aliphatic carbocycles. The van der Waals surface area contributed by atoms with Crippen molar-refractivity contribution in [1.82, 2.24) is 10.2 Å². The Hall–Kier alpha value is -1.83. The number of fused-ring (bicyclic) bond motifs is 1. The number of hydrogen-bond donors (Lipinski definition) is 1. The SMILES string of the molecule is O=C(N[C@]1(C(F)(F)F)Oc2ccc(Cl)cc2O1)N(C1CCCCC1)C1CCCCC1. The number of amides is 2. The van der Waals surface area contributed by atoms with Crippen molar-refractivity contribution in [3.63, 3.8) is 0 Å². The first kappa shape index (κ1) is 21.4. The van der Waals surface area contributed by atoms with Crippen molar-refractivity contribution in [3.8, 4) is 11.5 Å². The first-order valence-electron chi connectivity index (χ1n) is 10.6. The Morgan fingerprint density at radius 2 is 1.50 bits per heavy atom. The van der Waals surface area contributed by atoms with Crippen molar-refractivity contribution < 1.29 is 27.4 Å². The zero-order valence-electron chi connectivity index (χ0n) is 16.6. The summed E-state index contributed by atoms with van der Waals surface area (Å²) in [6, 6.07) is 3.04. The van der Waals surface area contributed by atoms with Crippen LogP contribution in [0, 0.1) is 0 Å². The Morgan fingerprint density at radius 3 is 2.03 bits per heavy atom. The predicted octanol–water partition coefficient (Wildman–Crippen LogP) is 6.00. The molecule has 1 heterocycles. The van der Waals surface area contributed by atoms with E-state index in [9.17, 15) is 18.0 Å². The van der Waals surface area contributed by atoms with Gasteiger partial charge in [-0.05, 0) is 37.8 Å². The van der Waals surface area contributed by atoms with Crippen LogP contribution in [0.3, 0.4) is 0 Å². The molecule has 0 aromatic heterocycles. The van der Waals surface area contributed by atoms with Crippen LogP contribution < -0.4 is 14.8 Å². The number of rotatable bonds is 3. The molecule has 0 unspecified atom stereocenters. The molecule has 2 fully saturated rings. The summed E-state index contributed by atoms with van der Waals surface area (Å²) in [5.74, 6) is -3.53. The molecule has 1 aromatic carbocycles. The molecule has 5 nitrogen and oxygen atoms in total. The maximum absolute atomic E-state index is 14.1. The summed E-state index contributed by atoms with van der Waals surface area (Å²) in [5.41, 5.74) is 0. The highest BCUT2D eigenvalue weighted by molar-refractivity contribution is 6.30. The quantitative estimate of drug-likeness (QED) is 0.619. The number of urea groups is 1. The summed E-state index contributed by atoms with van der Waals surface area (Å²) in [5, 5.41) is 2.28. The van der Waals surface area contributed by atoms with Crippen LogP contribution >= 0.6 is 11.6 Å². The molecule has 0 saturated heterocycles. The van der Waals surface area contributed by atoms with Gasteiger partial charge in [0.1, 0.15) is 0 Å². The van der Waals surface area contributed by atoms with Crippen LogP contribution in [0.25, 0.3) is 0 Å². The van der Waals surface area contributed by atoms with Crippen LogP contribution in [0.15, 0.2) is 18.2 Å². The molecule has 1 atom stereocenters. The van der Waals surface area contributed by atoms with Gasteiger partial charge < -0.3 is 14.4 Å². The number of ether oxygens (including phenoxy) is 2. The van der Waals surface area contributed by atoms with E-state index in [1.165, 1.54) is 18.2 Å². The van der Waals surface area contributed by atoms with Gasteiger partial charge in [0, 0.05) is 23.2 Å². The van der Waals surface area contributed by atoms with E-state index in [2.05, 4.69) is 5.32 Å². The van der Waals surface area contributed by atoms with Crippen LogP contribution in [0.4, 0.5) is 18.0 Å². The first-order chi connectivity index (χ1) is 14.3. The monoisotopic (exact) mass is 446 g/mol. The normalized spacial score (nSPS) is 25.2. The van der Waals surface area contributed by atoms with Crippen molar-refractivity contribution in [2.75, 3.05) is 0 Å². The molecule has 9 heteroatoms. The lowest BCUT2D eigenvalue weighted by atomic mass is 9.89. The maximum Gasteiger partial charge on any atom is 0.492 e. The molecule has 0 radical (unpaired) electrons. The molecule has 2 amide bonds. The zero-order chi connectivity index (χ0) is 21.4.